The zero-order valence-corrected chi connectivity index (χ0v) is 25.1. The number of anilines is 1. The second-order valence-corrected chi connectivity index (χ2v) is 13.8. The summed E-state index contributed by atoms with van der Waals surface area (Å²) in [6.45, 7) is 13.4. The highest BCUT2D eigenvalue weighted by Crippen LogP contribution is 2.43. The van der Waals surface area contributed by atoms with Crippen LogP contribution in [0.2, 0.25) is 0 Å². The van der Waals surface area contributed by atoms with Crippen LogP contribution in [-0.4, -0.2) is 43.4 Å². The van der Waals surface area contributed by atoms with Gasteiger partial charge in [-0.1, -0.05) is 6.07 Å². The Kier molecular flexibility index (Phi) is 8.15. The van der Waals surface area contributed by atoms with Gasteiger partial charge < -0.3 is 19.4 Å². The summed E-state index contributed by atoms with van der Waals surface area (Å²) >= 11 is 4.43. The van der Waals surface area contributed by atoms with Crippen molar-refractivity contribution in [1.82, 2.24) is 19.2 Å². The lowest BCUT2D eigenvalue weighted by Crippen LogP contribution is -2.38. The first-order valence-corrected chi connectivity index (χ1v) is 14.7. The van der Waals surface area contributed by atoms with Crippen molar-refractivity contribution in [2.24, 2.45) is 0 Å². The number of nitrogens with zero attached hydrogens (tertiary/aromatic N) is 4. The van der Waals surface area contributed by atoms with Gasteiger partial charge in [-0.2, -0.15) is 4.37 Å². The van der Waals surface area contributed by atoms with Crippen LogP contribution in [0, 0.1) is 0 Å². The van der Waals surface area contributed by atoms with E-state index in [1.807, 2.05) is 76.7 Å². The molecule has 0 bridgehead atoms. The number of hydrogen-bond donors (Lipinski definition) is 1. The minimum Gasteiger partial charge on any atom is -0.444 e. The SMILES string of the molecule is C[C@@H](Cc1sc2c(N(Cc3cccs3)C(=O)OC(C)(C)C)snc2c1-n1ccnc1)NC(=O)OC(C)(C)C. The molecule has 4 aromatic rings. The molecule has 12 heteroatoms. The van der Waals surface area contributed by atoms with Gasteiger partial charge in [0.2, 0.25) is 0 Å². The van der Waals surface area contributed by atoms with Crippen LogP contribution in [0.3, 0.4) is 0 Å². The molecule has 0 saturated carbocycles. The Morgan fingerprint density at radius 2 is 1.89 bits per heavy atom. The van der Waals surface area contributed by atoms with Crippen LogP contribution in [0.4, 0.5) is 14.6 Å². The lowest BCUT2D eigenvalue weighted by molar-refractivity contribution is 0.0507. The Morgan fingerprint density at radius 3 is 2.50 bits per heavy atom. The van der Waals surface area contributed by atoms with Crippen molar-refractivity contribution in [2.45, 2.75) is 78.7 Å². The van der Waals surface area contributed by atoms with Crippen LogP contribution in [0.1, 0.15) is 58.2 Å². The van der Waals surface area contributed by atoms with Crippen LogP contribution in [0.15, 0.2) is 36.2 Å². The number of fused-ring (bicyclic) bond motifs is 1. The predicted octanol–water partition coefficient (Wildman–Crippen LogP) is 7.00. The smallest absolute Gasteiger partial charge is 0.415 e. The molecule has 0 aliphatic carbocycles. The molecule has 0 aliphatic heterocycles. The van der Waals surface area contributed by atoms with Crippen LogP contribution in [-0.2, 0) is 22.4 Å². The third-order valence-electron chi connectivity index (χ3n) is 5.12. The van der Waals surface area contributed by atoms with Gasteiger partial charge in [-0.3, -0.25) is 4.90 Å². The topological polar surface area (TPSA) is 98.6 Å². The van der Waals surface area contributed by atoms with Gasteiger partial charge in [-0.15, -0.1) is 22.7 Å². The summed E-state index contributed by atoms with van der Waals surface area (Å²) in [6, 6.07) is 3.77. The largest absolute Gasteiger partial charge is 0.444 e. The number of nitrogens with one attached hydrogen (secondary N) is 1. The molecule has 0 radical (unpaired) electrons. The van der Waals surface area contributed by atoms with Crippen LogP contribution < -0.4 is 10.2 Å². The summed E-state index contributed by atoms with van der Waals surface area (Å²) in [4.78, 5) is 33.7. The molecule has 4 rings (SSSR count). The number of hydrogen-bond acceptors (Lipinski definition) is 9. The zero-order valence-electron chi connectivity index (χ0n) is 22.6. The van der Waals surface area contributed by atoms with Crippen molar-refractivity contribution in [3.05, 3.63) is 46.0 Å². The van der Waals surface area contributed by atoms with Gasteiger partial charge in [0.25, 0.3) is 0 Å². The summed E-state index contributed by atoms with van der Waals surface area (Å²) < 4.78 is 18.8. The molecule has 1 atom stereocenters. The predicted molar refractivity (Wildman–Crippen MR) is 154 cm³/mol. The van der Waals surface area contributed by atoms with Crippen molar-refractivity contribution in [3.8, 4) is 5.69 Å². The van der Waals surface area contributed by atoms with Gasteiger partial charge in [0.05, 0.1) is 23.3 Å². The second kappa shape index (κ2) is 11.0. The van der Waals surface area contributed by atoms with Crippen molar-refractivity contribution < 1.29 is 19.1 Å². The number of aromatic nitrogens is 3. The molecule has 4 heterocycles. The van der Waals surface area contributed by atoms with Crippen molar-refractivity contribution >= 4 is 61.6 Å². The van der Waals surface area contributed by atoms with Gasteiger partial charge in [0.15, 0.2) is 0 Å². The number of ether oxygens (including phenoxy) is 2. The van der Waals surface area contributed by atoms with Crippen molar-refractivity contribution in [1.29, 1.82) is 0 Å². The molecule has 204 valence electrons. The lowest BCUT2D eigenvalue weighted by Gasteiger charge is -2.26. The quantitative estimate of drug-likeness (QED) is 0.255. The fraction of sp³-hybridized carbons (Fsp3) is 0.462. The molecular weight excluding hydrogens is 543 g/mol. The Morgan fingerprint density at radius 1 is 1.16 bits per heavy atom. The number of thiophene rings is 2. The van der Waals surface area contributed by atoms with Crippen LogP contribution in [0.5, 0.6) is 0 Å². The van der Waals surface area contributed by atoms with E-state index in [9.17, 15) is 9.59 Å². The third-order valence-corrected chi connectivity index (χ3v) is 8.18. The molecule has 2 amide bonds. The summed E-state index contributed by atoms with van der Waals surface area (Å²) in [5.41, 5.74) is 0.457. The average Bonchev–Trinajstić information content (AvgIpc) is 3.55. The molecule has 0 unspecified atom stereocenters. The fourth-order valence-corrected chi connectivity index (χ4v) is 6.79. The maximum Gasteiger partial charge on any atom is 0.415 e. The number of rotatable bonds is 7. The summed E-state index contributed by atoms with van der Waals surface area (Å²) in [5, 5.41) is 5.64. The normalized spacial score (nSPS) is 12.9. The Balaban J connectivity index is 1.71. The molecule has 0 spiro atoms. The highest BCUT2D eigenvalue weighted by Gasteiger charge is 2.30. The Labute approximate surface area is 234 Å². The van der Waals surface area contributed by atoms with Crippen molar-refractivity contribution in [3.63, 3.8) is 0 Å². The first-order chi connectivity index (χ1) is 17.8. The van der Waals surface area contributed by atoms with E-state index in [0.717, 1.165) is 30.7 Å². The number of carbonyl (C=O) groups is 2. The van der Waals surface area contributed by atoms with Gasteiger partial charge in [0, 0.05) is 34.6 Å². The van der Waals surface area contributed by atoms with E-state index in [4.69, 9.17) is 13.8 Å². The Hall–Kier alpha value is -2.96. The molecule has 9 nitrogen and oxygen atoms in total. The minimum absolute atomic E-state index is 0.199. The maximum atomic E-state index is 13.4. The molecule has 0 aliphatic rings. The zero-order chi connectivity index (χ0) is 27.7. The standard InChI is InChI=1S/C26H33N5O4S3/c1-16(28-23(32)34-25(2,3)4)13-18-20(30-11-10-27-15-30)19-21(37-18)22(38-29-19)31(14-17-9-8-12-36-17)24(33)35-26(5,6)7/h8-12,15-16H,13-14H2,1-7H3,(H,28,32)/t16-/m0/s1. The molecule has 4 aromatic heterocycles. The van der Waals surface area contributed by atoms with Crippen molar-refractivity contribution in [2.75, 3.05) is 4.90 Å². The number of imidazole rings is 1. The number of alkyl carbamates (subject to hydrolysis) is 1. The first kappa shape index (κ1) is 28.1. The first-order valence-electron chi connectivity index (χ1n) is 12.2. The van der Waals surface area contributed by atoms with Crippen LogP contribution in [0.25, 0.3) is 15.9 Å². The van der Waals surface area contributed by atoms with Gasteiger partial charge >= 0.3 is 12.2 Å². The molecule has 0 aromatic carbocycles. The summed E-state index contributed by atoms with van der Waals surface area (Å²) in [5.74, 6) is 0. The number of carbonyl (C=O) groups excluding carboxylic acids is 2. The third kappa shape index (κ3) is 6.91. The Bertz CT molecular complexity index is 1380. The van der Waals surface area contributed by atoms with E-state index in [2.05, 4.69) is 10.3 Å². The van der Waals surface area contributed by atoms with E-state index < -0.39 is 23.4 Å². The maximum absolute atomic E-state index is 13.4. The second-order valence-electron chi connectivity index (χ2n) is 10.9. The van der Waals surface area contributed by atoms with E-state index in [1.54, 1.807) is 40.1 Å². The minimum atomic E-state index is -0.639. The number of amides is 2. The molecular formula is C26H33N5O4S3. The summed E-state index contributed by atoms with van der Waals surface area (Å²) in [7, 11) is 0. The summed E-state index contributed by atoms with van der Waals surface area (Å²) in [6.07, 6.45) is 4.98. The lowest BCUT2D eigenvalue weighted by atomic mass is 10.2. The van der Waals surface area contributed by atoms with E-state index >= 15 is 0 Å². The molecule has 0 saturated heterocycles. The fourth-order valence-electron chi connectivity index (χ4n) is 3.72. The van der Waals surface area contributed by atoms with Gasteiger partial charge in [0.1, 0.15) is 21.7 Å². The van der Waals surface area contributed by atoms with Gasteiger partial charge in [-0.25, -0.2) is 14.6 Å². The molecule has 1 N–H and O–H groups in total. The molecule has 38 heavy (non-hydrogen) atoms. The highest BCUT2D eigenvalue weighted by molar-refractivity contribution is 7.25. The van der Waals surface area contributed by atoms with E-state index in [-0.39, 0.29) is 6.04 Å². The van der Waals surface area contributed by atoms with Gasteiger partial charge in [-0.05, 0) is 71.4 Å². The van der Waals surface area contributed by atoms with E-state index in [1.165, 1.54) is 11.5 Å². The van der Waals surface area contributed by atoms with E-state index in [0.29, 0.717) is 13.0 Å². The van der Waals surface area contributed by atoms with Crippen LogP contribution >= 0.6 is 34.2 Å². The average molecular weight is 576 g/mol. The molecule has 0 fully saturated rings. The monoisotopic (exact) mass is 575 g/mol. The highest BCUT2D eigenvalue weighted by atomic mass is 32.1.